The van der Waals surface area contributed by atoms with Crippen LogP contribution in [-0.4, -0.2) is 5.91 Å². The van der Waals surface area contributed by atoms with Crippen LogP contribution in [-0.2, 0) is 25.9 Å². The van der Waals surface area contributed by atoms with Gasteiger partial charge in [0, 0.05) is 26.8 Å². The van der Waals surface area contributed by atoms with Gasteiger partial charge in [-0.05, 0) is 25.0 Å². The summed E-state index contributed by atoms with van der Waals surface area (Å²) in [6.45, 7) is 6.06. The van der Waals surface area contributed by atoms with Crippen LogP contribution >= 0.6 is 0 Å². The molecule has 0 aromatic heterocycles. The zero-order valence-corrected chi connectivity index (χ0v) is 14.2. The zero-order chi connectivity index (χ0) is 11.3. The van der Waals surface area contributed by atoms with Gasteiger partial charge in [-0.2, -0.15) is 6.42 Å². The van der Waals surface area contributed by atoms with Crippen molar-refractivity contribution >= 4 is 11.6 Å². The number of unbranched alkanes of at least 4 members (excludes halogenated alkanes) is 1. The summed E-state index contributed by atoms with van der Waals surface area (Å²) in [4.78, 5) is 11.5. The van der Waals surface area contributed by atoms with Gasteiger partial charge in [-0.25, -0.2) is 0 Å². The Morgan fingerprint density at radius 1 is 1.22 bits per heavy atom. The molecule has 1 N–H and O–H groups in total. The molecule has 1 aromatic rings. The van der Waals surface area contributed by atoms with Crippen LogP contribution in [0.15, 0.2) is 18.2 Å². The van der Waals surface area contributed by atoms with Gasteiger partial charge in [-0.3, -0.25) is 0 Å². The molecule has 1 aromatic carbocycles. The Labute approximate surface area is 127 Å². The van der Waals surface area contributed by atoms with Gasteiger partial charge in [-0.15, -0.1) is 0 Å². The SMILES string of the molecule is CCC[CH-]C(=O)Nc1c(C)cccc1C.[CH3-].[CH3-].[Pt]. The minimum atomic E-state index is -0.00532. The van der Waals surface area contributed by atoms with Crippen molar-refractivity contribution in [1.82, 2.24) is 0 Å². The first kappa shape index (κ1) is 22.4. The van der Waals surface area contributed by atoms with Crippen molar-refractivity contribution in [2.45, 2.75) is 33.6 Å². The molecule has 0 spiro atoms. The standard InChI is InChI=1S/C13H18NO.2CH3.Pt/c1-4-5-9-12(15)14-13-10(2)7-6-8-11(13)3;;;/h6-9H,4-5H2,1-3H3,(H,14,15);2*1H3;/q3*-1;. The van der Waals surface area contributed by atoms with Gasteiger partial charge in [0.1, 0.15) is 0 Å². The summed E-state index contributed by atoms with van der Waals surface area (Å²) in [5.74, 6) is -0.00532. The molecular formula is C15H24NOPt-3. The predicted molar refractivity (Wildman–Crippen MR) is 76.6 cm³/mol. The van der Waals surface area contributed by atoms with Gasteiger partial charge >= 0.3 is 0 Å². The summed E-state index contributed by atoms with van der Waals surface area (Å²) in [7, 11) is 0. The zero-order valence-electron chi connectivity index (χ0n) is 11.9. The van der Waals surface area contributed by atoms with E-state index in [1.165, 1.54) is 0 Å². The van der Waals surface area contributed by atoms with Crippen molar-refractivity contribution in [3.63, 3.8) is 0 Å². The molecule has 0 bridgehead atoms. The maximum Gasteiger partial charge on any atom is 0.0868 e. The van der Waals surface area contributed by atoms with Crippen LogP contribution in [0.5, 0.6) is 0 Å². The first-order valence-corrected chi connectivity index (χ1v) is 5.35. The minimum Gasteiger partial charge on any atom is -0.358 e. The van der Waals surface area contributed by atoms with Gasteiger partial charge in [-0.1, -0.05) is 31.5 Å². The van der Waals surface area contributed by atoms with Gasteiger partial charge in [0.2, 0.25) is 0 Å². The second kappa shape index (κ2) is 11.3. The molecule has 0 fully saturated rings. The number of carbonyl (C=O) groups excluding carboxylic acids is 1. The maximum atomic E-state index is 11.5. The van der Waals surface area contributed by atoms with Crippen molar-refractivity contribution in [1.29, 1.82) is 0 Å². The van der Waals surface area contributed by atoms with Gasteiger partial charge in [0.25, 0.3) is 0 Å². The fourth-order valence-electron chi connectivity index (χ4n) is 1.46. The third-order valence-corrected chi connectivity index (χ3v) is 2.35. The summed E-state index contributed by atoms with van der Waals surface area (Å²) in [5.41, 5.74) is 3.15. The van der Waals surface area contributed by atoms with E-state index < -0.39 is 0 Å². The van der Waals surface area contributed by atoms with Crippen LogP contribution < -0.4 is 5.32 Å². The average Bonchev–Trinajstić information content (AvgIpc) is 2.21. The largest absolute Gasteiger partial charge is 0.358 e. The fraction of sp³-hybridized carbons (Fsp3) is 0.333. The summed E-state index contributed by atoms with van der Waals surface area (Å²) >= 11 is 0. The van der Waals surface area contributed by atoms with E-state index in [0.29, 0.717) is 0 Å². The first-order chi connectivity index (χ1) is 7.15. The minimum absolute atomic E-state index is 0. The topological polar surface area (TPSA) is 29.1 Å². The molecule has 0 heterocycles. The second-order valence-electron chi connectivity index (χ2n) is 3.75. The van der Waals surface area contributed by atoms with E-state index in [9.17, 15) is 4.79 Å². The molecule has 0 aliphatic carbocycles. The molecule has 0 aliphatic rings. The molecule has 0 aliphatic heterocycles. The molecule has 0 saturated heterocycles. The molecule has 18 heavy (non-hydrogen) atoms. The Balaban J connectivity index is -0.000000750. The van der Waals surface area contributed by atoms with E-state index in [4.69, 9.17) is 0 Å². The number of benzene rings is 1. The number of amides is 1. The van der Waals surface area contributed by atoms with Crippen LogP contribution in [0.2, 0.25) is 0 Å². The molecule has 1 amide bonds. The summed E-state index contributed by atoms with van der Waals surface area (Å²) < 4.78 is 0. The van der Waals surface area contributed by atoms with E-state index in [2.05, 4.69) is 12.2 Å². The molecule has 0 saturated carbocycles. The quantitative estimate of drug-likeness (QED) is 0.716. The first-order valence-electron chi connectivity index (χ1n) is 5.35. The third-order valence-electron chi connectivity index (χ3n) is 2.35. The number of carbonyl (C=O) groups is 1. The molecule has 3 heteroatoms. The van der Waals surface area contributed by atoms with Gasteiger partial charge in [0.15, 0.2) is 0 Å². The van der Waals surface area contributed by atoms with Gasteiger partial charge in [0.05, 0.1) is 5.91 Å². The van der Waals surface area contributed by atoms with Crippen LogP contribution in [0.25, 0.3) is 0 Å². The molecule has 0 atom stereocenters. The summed E-state index contributed by atoms with van der Waals surface area (Å²) in [6, 6.07) is 6.00. The Bertz CT molecular complexity index is 330. The molecule has 0 unspecified atom stereocenters. The van der Waals surface area contributed by atoms with Crippen molar-refractivity contribution in [3.8, 4) is 0 Å². The monoisotopic (exact) mass is 429 g/mol. The number of anilines is 1. The second-order valence-corrected chi connectivity index (χ2v) is 3.75. The van der Waals surface area contributed by atoms with Crippen molar-refractivity contribution in [2.75, 3.05) is 5.32 Å². The van der Waals surface area contributed by atoms with E-state index in [1.807, 2.05) is 32.0 Å². The fourth-order valence-corrected chi connectivity index (χ4v) is 1.46. The van der Waals surface area contributed by atoms with Crippen LogP contribution in [0, 0.1) is 35.1 Å². The third kappa shape index (κ3) is 6.86. The smallest absolute Gasteiger partial charge is 0.0868 e. The van der Waals surface area contributed by atoms with E-state index in [1.54, 1.807) is 6.42 Å². The molecule has 0 radical (unpaired) electrons. The molecular weight excluding hydrogens is 405 g/mol. The molecule has 1 rings (SSSR count). The Hall–Kier alpha value is -0.752. The molecule has 108 valence electrons. The van der Waals surface area contributed by atoms with Gasteiger partial charge < -0.3 is 31.4 Å². The Kier molecular flexibility index (Phi) is 14.1. The normalized spacial score (nSPS) is 8.17. The maximum absolute atomic E-state index is 11.5. The summed E-state index contributed by atoms with van der Waals surface area (Å²) in [5, 5.41) is 2.92. The molecule has 2 nitrogen and oxygen atoms in total. The van der Waals surface area contributed by atoms with E-state index >= 15 is 0 Å². The number of hydrogen-bond acceptors (Lipinski definition) is 1. The Morgan fingerprint density at radius 3 is 2.17 bits per heavy atom. The summed E-state index contributed by atoms with van der Waals surface area (Å²) in [6.07, 6.45) is 3.53. The van der Waals surface area contributed by atoms with Crippen LogP contribution in [0.1, 0.15) is 30.9 Å². The van der Waals surface area contributed by atoms with E-state index in [0.717, 1.165) is 29.7 Å². The number of nitrogens with one attached hydrogen (secondary N) is 1. The van der Waals surface area contributed by atoms with E-state index in [-0.39, 0.29) is 41.8 Å². The van der Waals surface area contributed by atoms with Crippen molar-refractivity contribution in [3.05, 3.63) is 50.6 Å². The van der Waals surface area contributed by atoms with Crippen molar-refractivity contribution < 1.29 is 25.9 Å². The number of rotatable bonds is 4. The van der Waals surface area contributed by atoms with Crippen molar-refractivity contribution in [2.24, 2.45) is 0 Å². The van der Waals surface area contributed by atoms with Crippen LogP contribution in [0.4, 0.5) is 5.69 Å². The number of aryl methyl sites for hydroxylation is 2. The predicted octanol–water partition coefficient (Wildman–Crippen LogP) is 4.14. The number of para-hydroxylation sites is 1. The average molecular weight is 429 g/mol. The van der Waals surface area contributed by atoms with Crippen LogP contribution in [0.3, 0.4) is 0 Å². The Morgan fingerprint density at radius 2 is 1.72 bits per heavy atom. The number of hydrogen-bond donors (Lipinski definition) is 1.